The molecule has 0 radical (unpaired) electrons. The summed E-state index contributed by atoms with van der Waals surface area (Å²) in [6.45, 7) is 8.04. The Bertz CT molecular complexity index is 423. The van der Waals surface area contributed by atoms with Crippen LogP contribution in [0.25, 0.3) is 0 Å². The van der Waals surface area contributed by atoms with E-state index >= 15 is 0 Å². The molecule has 0 amide bonds. The summed E-state index contributed by atoms with van der Waals surface area (Å²) in [6, 6.07) is 3.61. The molecule has 92 valence electrons. The molecule has 0 N–H and O–H groups in total. The van der Waals surface area contributed by atoms with Gasteiger partial charge in [0.25, 0.3) is 0 Å². The fraction of sp³-hybridized carbons (Fsp3) is 0.571. The van der Waals surface area contributed by atoms with Gasteiger partial charge in [0.15, 0.2) is 5.78 Å². The summed E-state index contributed by atoms with van der Waals surface area (Å²) < 4.78 is 5.95. The molecule has 3 heteroatoms. The lowest BCUT2D eigenvalue weighted by Crippen LogP contribution is -2.33. The Morgan fingerprint density at radius 3 is 2.59 bits per heavy atom. The van der Waals surface area contributed by atoms with Crippen LogP contribution in [0.2, 0.25) is 0 Å². The first-order valence-electron chi connectivity index (χ1n) is 5.96. The van der Waals surface area contributed by atoms with Crippen LogP contribution >= 0.6 is 0 Å². The average Bonchev–Trinajstić information content (AvgIpc) is 2.47. The van der Waals surface area contributed by atoms with Crippen molar-refractivity contribution in [3.8, 4) is 0 Å². The maximum absolute atomic E-state index is 12.4. The van der Waals surface area contributed by atoms with Gasteiger partial charge >= 0.3 is 0 Å². The summed E-state index contributed by atoms with van der Waals surface area (Å²) in [7, 11) is 0. The third-order valence-corrected chi connectivity index (χ3v) is 3.34. The Balaban J connectivity index is 2.27. The van der Waals surface area contributed by atoms with E-state index in [1.54, 1.807) is 18.5 Å². The fourth-order valence-electron chi connectivity index (χ4n) is 2.68. The standard InChI is InChI=1S/C14H19NO2/c1-13(2)8-11(14(3,4)17-13)12(16)10-6-5-7-15-9-10/h5-7,9,11H,8H2,1-4H3. The van der Waals surface area contributed by atoms with E-state index in [4.69, 9.17) is 4.74 Å². The van der Waals surface area contributed by atoms with Crippen LogP contribution in [0.4, 0.5) is 0 Å². The first kappa shape index (κ1) is 12.2. The van der Waals surface area contributed by atoms with Gasteiger partial charge in [0, 0.05) is 18.0 Å². The molecule has 3 nitrogen and oxygen atoms in total. The van der Waals surface area contributed by atoms with E-state index in [9.17, 15) is 4.79 Å². The van der Waals surface area contributed by atoms with Crippen molar-refractivity contribution in [1.82, 2.24) is 4.98 Å². The molecule has 17 heavy (non-hydrogen) atoms. The zero-order valence-corrected chi connectivity index (χ0v) is 10.9. The molecule has 1 aromatic rings. The summed E-state index contributed by atoms with van der Waals surface area (Å²) >= 11 is 0. The molecule has 0 aliphatic carbocycles. The molecule has 0 saturated carbocycles. The molecule has 1 saturated heterocycles. The highest BCUT2D eigenvalue weighted by Crippen LogP contribution is 2.43. The summed E-state index contributed by atoms with van der Waals surface area (Å²) in [5.74, 6) is 0.0374. The highest BCUT2D eigenvalue weighted by atomic mass is 16.5. The van der Waals surface area contributed by atoms with Gasteiger partial charge in [0.1, 0.15) is 0 Å². The second-order valence-corrected chi connectivity index (χ2v) is 5.83. The minimum absolute atomic E-state index is 0.0956. The number of carbonyl (C=O) groups excluding carboxylic acids is 1. The smallest absolute Gasteiger partial charge is 0.170 e. The molecule has 1 atom stereocenters. The molecule has 1 fully saturated rings. The third-order valence-electron chi connectivity index (χ3n) is 3.34. The molecule has 1 aliphatic heterocycles. The van der Waals surface area contributed by atoms with Crippen LogP contribution in [0.5, 0.6) is 0 Å². The Hall–Kier alpha value is -1.22. The van der Waals surface area contributed by atoms with Crippen molar-refractivity contribution in [2.75, 3.05) is 0 Å². The van der Waals surface area contributed by atoms with Crippen molar-refractivity contribution >= 4 is 5.78 Å². The number of aromatic nitrogens is 1. The van der Waals surface area contributed by atoms with Crippen LogP contribution in [-0.2, 0) is 4.74 Å². The monoisotopic (exact) mass is 233 g/mol. The Morgan fingerprint density at radius 1 is 1.41 bits per heavy atom. The number of nitrogens with zero attached hydrogens (tertiary/aromatic N) is 1. The number of rotatable bonds is 2. The SMILES string of the molecule is CC1(C)CC(C(=O)c2cccnc2)C(C)(C)O1. The van der Waals surface area contributed by atoms with Gasteiger partial charge in [-0.3, -0.25) is 9.78 Å². The van der Waals surface area contributed by atoms with Crippen molar-refractivity contribution in [1.29, 1.82) is 0 Å². The number of hydrogen-bond acceptors (Lipinski definition) is 3. The molecule has 0 spiro atoms. The molecule has 0 bridgehead atoms. The maximum atomic E-state index is 12.4. The number of hydrogen-bond donors (Lipinski definition) is 0. The summed E-state index contributed by atoms with van der Waals surface area (Å²) in [6.07, 6.45) is 4.06. The van der Waals surface area contributed by atoms with Crippen LogP contribution in [-0.4, -0.2) is 22.0 Å². The molecule has 2 rings (SSSR count). The van der Waals surface area contributed by atoms with E-state index in [0.29, 0.717) is 5.56 Å². The molecule has 2 heterocycles. The van der Waals surface area contributed by atoms with Crippen molar-refractivity contribution in [3.63, 3.8) is 0 Å². The van der Waals surface area contributed by atoms with E-state index in [0.717, 1.165) is 6.42 Å². The van der Waals surface area contributed by atoms with Gasteiger partial charge in [-0.05, 0) is 46.2 Å². The van der Waals surface area contributed by atoms with Gasteiger partial charge in [-0.1, -0.05) is 0 Å². The largest absolute Gasteiger partial charge is 0.369 e. The van der Waals surface area contributed by atoms with Crippen molar-refractivity contribution in [2.24, 2.45) is 5.92 Å². The van der Waals surface area contributed by atoms with Crippen LogP contribution in [0.3, 0.4) is 0 Å². The van der Waals surface area contributed by atoms with E-state index in [1.165, 1.54) is 0 Å². The first-order chi connectivity index (χ1) is 7.82. The van der Waals surface area contributed by atoms with Gasteiger partial charge in [-0.25, -0.2) is 0 Å². The predicted molar refractivity (Wildman–Crippen MR) is 65.9 cm³/mol. The van der Waals surface area contributed by atoms with E-state index in [2.05, 4.69) is 4.98 Å². The molecule has 0 aromatic carbocycles. The molecular formula is C14H19NO2. The number of ketones is 1. The van der Waals surface area contributed by atoms with E-state index < -0.39 is 5.60 Å². The highest BCUT2D eigenvalue weighted by molar-refractivity contribution is 5.98. The minimum atomic E-state index is -0.406. The minimum Gasteiger partial charge on any atom is -0.369 e. The van der Waals surface area contributed by atoms with Crippen LogP contribution in [0, 0.1) is 5.92 Å². The van der Waals surface area contributed by atoms with Gasteiger partial charge in [-0.2, -0.15) is 0 Å². The van der Waals surface area contributed by atoms with Gasteiger partial charge in [0.2, 0.25) is 0 Å². The summed E-state index contributed by atoms with van der Waals surface area (Å²) in [4.78, 5) is 16.4. The van der Waals surface area contributed by atoms with Crippen LogP contribution < -0.4 is 0 Å². The number of Topliss-reactive ketones (excluding diaryl/α,β-unsaturated/α-hetero) is 1. The molecular weight excluding hydrogens is 214 g/mol. The summed E-state index contributed by atoms with van der Waals surface area (Å²) in [5.41, 5.74) is 0.0366. The fourth-order valence-corrected chi connectivity index (χ4v) is 2.68. The quantitative estimate of drug-likeness (QED) is 0.737. The second-order valence-electron chi connectivity index (χ2n) is 5.83. The van der Waals surface area contributed by atoms with Gasteiger partial charge in [0.05, 0.1) is 17.1 Å². The van der Waals surface area contributed by atoms with Crippen molar-refractivity contribution in [2.45, 2.75) is 45.3 Å². The Kier molecular flexibility index (Phi) is 2.82. The zero-order chi connectivity index (χ0) is 12.7. The Morgan fingerprint density at radius 2 is 2.12 bits per heavy atom. The zero-order valence-electron chi connectivity index (χ0n) is 10.9. The van der Waals surface area contributed by atoms with Gasteiger partial charge in [-0.15, -0.1) is 0 Å². The van der Waals surface area contributed by atoms with Crippen molar-refractivity contribution < 1.29 is 9.53 Å². The highest BCUT2D eigenvalue weighted by Gasteiger charge is 2.49. The Labute approximate surface area is 102 Å². The summed E-state index contributed by atoms with van der Waals surface area (Å²) in [5, 5.41) is 0. The molecule has 1 aromatic heterocycles. The number of ether oxygens (including phenoxy) is 1. The second kappa shape index (κ2) is 3.91. The number of carbonyl (C=O) groups is 1. The third kappa shape index (κ3) is 2.39. The van der Waals surface area contributed by atoms with Crippen molar-refractivity contribution in [3.05, 3.63) is 30.1 Å². The van der Waals surface area contributed by atoms with Crippen LogP contribution in [0.1, 0.15) is 44.5 Å². The molecule has 1 unspecified atom stereocenters. The maximum Gasteiger partial charge on any atom is 0.170 e. The lowest BCUT2D eigenvalue weighted by Gasteiger charge is -2.26. The lowest BCUT2D eigenvalue weighted by atomic mass is 9.82. The van der Waals surface area contributed by atoms with E-state index in [-0.39, 0.29) is 17.3 Å². The van der Waals surface area contributed by atoms with Gasteiger partial charge < -0.3 is 4.74 Å². The normalized spacial score (nSPS) is 25.8. The van der Waals surface area contributed by atoms with E-state index in [1.807, 2.05) is 33.8 Å². The molecule has 1 aliphatic rings. The topological polar surface area (TPSA) is 39.2 Å². The predicted octanol–water partition coefficient (Wildman–Crippen LogP) is 2.86. The average molecular weight is 233 g/mol. The number of pyridine rings is 1. The van der Waals surface area contributed by atoms with Crippen LogP contribution in [0.15, 0.2) is 24.5 Å². The first-order valence-corrected chi connectivity index (χ1v) is 5.96. The lowest BCUT2D eigenvalue weighted by molar-refractivity contribution is -0.0712.